The van der Waals surface area contributed by atoms with Crippen molar-refractivity contribution in [3.8, 4) is 56.4 Å². The average molecular weight is 960 g/mol. The number of hydrogen-bond donors (Lipinski definition) is 4. The molecule has 0 bridgehead atoms. The van der Waals surface area contributed by atoms with Crippen LogP contribution in [0.3, 0.4) is 0 Å². The van der Waals surface area contributed by atoms with Crippen LogP contribution in [0.5, 0.6) is 23.0 Å². The standard InChI is InChI=1S/C24H21NO5.C24H23NO3.C13H13N/c1-29-21-12-8-16(14-22(21)30-2)9-13-23(26)25-20-15-18(10-11-19(20)24(27)28)17-6-4-3-5-7-17;1-17-9-12-20(19-7-5-4-6-8-19)16-21(17)25-24(26)14-11-18-10-13-22(27-2)23(15-18)28-3;1-10-7-8-12(9-13(10)14)11-5-3-2-4-6-11/h3-15H,1-2H3,(H,25,26)(H,27,28);4-16H,1-3H3,(H,25,26);2-9H,14H2,1H3/b13-9+;14-11+;. The first-order valence-corrected chi connectivity index (χ1v) is 22.8. The number of aryl methyl sites for hydroxylation is 2. The summed E-state index contributed by atoms with van der Waals surface area (Å²) >= 11 is 0. The maximum Gasteiger partial charge on any atom is 0.337 e. The zero-order valence-electron chi connectivity index (χ0n) is 41.0. The fourth-order valence-electron chi connectivity index (χ4n) is 7.27. The van der Waals surface area contributed by atoms with Gasteiger partial charge in [-0.15, -0.1) is 0 Å². The normalized spacial score (nSPS) is 10.5. The van der Waals surface area contributed by atoms with E-state index in [9.17, 15) is 19.5 Å². The molecule has 72 heavy (non-hydrogen) atoms. The van der Waals surface area contributed by atoms with Crippen LogP contribution in [0, 0.1) is 13.8 Å². The molecule has 2 amide bonds. The van der Waals surface area contributed by atoms with Crippen molar-refractivity contribution in [1.29, 1.82) is 0 Å². The van der Waals surface area contributed by atoms with Gasteiger partial charge in [-0.1, -0.05) is 133 Å². The van der Waals surface area contributed by atoms with Gasteiger partial charge in [0.15, 0.2) is 23.0 Å². The van der Waals surface area contributed by atoms with Crippen molar-refractivity contribution in [1.82, 2.24) is 0 Å². The van der Waals surface area contributed by atoms with Crippen LogP contribution in [0.1, 0.15) is 32.6 Å². The van der Waals surface area contributed by atoms with Crippen LogP contribution in [-0.2, 0) is 9.59 Å². The second-order valence-electron chi connectivity index (χ2n) is 16.1. The van der Waals surface area contributed by atoms with Crippen molar-refractivity contribution in [2.75, 3.05) is 44.8 Å². The molecule has 0 atom stereocenters. The van der Waals surface area contributed by atoms with Crippen LogP contribution in [0.4, 0.5) is 17.1 Å². The van der Waals surface area contributed by atoms with E-state index in [0.29, 0.717) is 23.0 Å². The quantitative estimate of drug-likeness (QED) is 0.0615. The molecular formula is C61H57N3O8. The Morgan fingerprint density at radius 1 is 0.431 bits per heavy atom. The number of rotatable bonds is 14. The molecule has 0 aliphatic heterocycles. The Balaban J connectivity index is 0.000000187. The third-order valence-corrected chi connectivity index (χ3v) is 11.3. The molecule has 11 nitrogen and oxygen atoms in total. The van der Waals surface area contributed by atoms with Crippen molar-refractivity contribution in [2.45, 2.75) is 13.8 Å². The van der Waals surface area contributed by atoms with Gasteiger partial charge in [0.25, 0.3) is 0 Å². The number of benzene rings is 8. The summed E-state index contributed by atoms with van der Waals surface area (Å²) in [5.41, 5.74) is 17.8. The second-order valence-corrected chi connectivity index (χ2v) is 16.1. The topological polar surface area (TPSA) is 158 Å². The van der Waals surface area contributed by atoms with Gasteiger partial charge in [-0.05, 0) is 130 Å². The minimum atomic E-state index is -1.12. The Labute approximate surface area is 420 Å². The zero-order valence-corrected chi connectivity index (χ0v) is 41.0. The summed E-state index contributed by atoms with van der Waals surface area (Å²) in [6.45, 7) is 3.99. The van der Waals surface area contributed by atoms with E-state index >= 15 is 0 Å². The molecule has 0 fully saturated rings. The van der Waals surface area contributed by atoms with Crippen LogP contribution in [-0.4, -0.2) is 51.3 Å². The first kappa shape index (κ1) is 52.0. The Hall–Kier alpha value is -9.35. The molecule has 0 spiro atoms. The number of carboxylic acids is 1. The summed E-state index contributed by atoms with van der Waals surface area (Å²) in [7, 11) is 6.25. The lowest BCUT2D eigenvalue weighted by Crippen LogP contribution is -2.12. The minimum Gasteiger partial charge on any atom is -0.493 e. The van der Waals surface area contributed by atoms with E-state index in [0.717, 1.165) is 55.9 Å². The predicted molar refractivity (Wildman–Crippen MR) is 291 cm³/mol. The molecular weight excluding hydrogens is 903 g/mol. The SMILES string of the molecule is COc1ccc(/C=C/C(=O)Nc2cc(-c3ccccc3)ccc2C(=O)O)cc1OC.COc1ccc(/C=C/C(=O)Nc2cc(-c3ccccc3)ccc2C)cc1OC.Cc1ccc(-c2ccccc2)cc1N. The van der Waals surface area contributed by atoms with Crippen LogP contribution < -0.4 is 35.3 Å². The number of amides is 2. The van der Waals surface area contributed by atoms with Crippen molar-refractivity contribution >= 4 is 47.0 Å². The molecule has 8 aromatic rings. The number of nitrogens with two attached hydrogens (primary N) is 1. The van der Waals surface area contributed by atoms with Gasteiger partial charge in [0.2, 0.25) is 11.8 Å². The average Bonchev–Trinajstić information content (AvgIpc) is 3.41. The molecule has 0 aliphatic rings. The summed E-state index contributed by atoms with van der Waals surface area (Å²) in [6, 6.07) is 57.7. The molecule has 0 saturated heterocycles. The molecule has 0 heterocycles. The highest BCUT2D eigenvalue weighted by Crippen LogP contribution is 2.31. The van der Waals surface area contributed by atoms with Gasteiger partial charge in [-0.25, -0.2) is 4.79 Å². The maximum atomic E-state index is 12.4. The summed E-state index contributed by atoms with van der Waals surface area (Å²) in [4.78, 5) is 36.4. The van der Waals surface area contributed by atoms with E-state index in [1.165, 1.54) is 36.5 Å². The Bertz CT molecular complexity index is 3170. The van der Waals surface area contributed by atoms with E-state index in [1.54, 1.807) is 63.8 Å². The number of nitrogen functional groups attached to an aromatic ring is 1. The third kappa shape index (κ3) is 14.6. The predicted octanol–water partition coefficient (Wildman–Crippen LogP) is 13.3. The van der Waals surface area contributed by atoms with E-state index < -0.39 is 11.9 Å². The lowest BCUT2D eigenvalue weighted by Gasteiger charge is -2.10. The molecule has 11 heteroatoms. The fourth-order valence-corrected chi connectivity index (χ4v) is 7.27. The third-order valence-electron chi connectivity index (χ3n) is 11.3. The Kier molecular flexibility index (Phi) is 18.7. The smallest absolute Gasteiger partial charge is 0.337 e. The van der Waals surface area contributed by atoms with Gasteiger partial charge in [0.05, 0.1) is 39.7 Å². The van der Waals surface area contributed by atoms with Crippen LogP contribution in [0.2, 0.25) is 0 Å². The Morgan fingerprint density at radius 3 is 1.24 bits per heavy atom. The first-order valence-electron chi connectivity index (χ1n) is 22.8. The highest BCUT2D eigenvalue weighted by molar-refractivity contribution is 6.07. The summed E-state index contributed by atoms with van der Waals surface area (Å²) in [5.74, 6) is 0.648. The van der Waals surface area contributed by atoms with Crippen LogP contribution >= 0.6 is 0 Å². The molecule has 0 aliphatic carbocycles. The molecule has 0 radical (unpaired) electrons. The van der Waals surface area contributed by atoms with Crippen LogP contribution in [0.15, 0.2) is 194 Å². The number of aromatic carboxylic acids is 1. The molecule has 5 N–H and O–H groups in total. The van der Waals surface area contributed by atoms with Crippen molar-refractivity contribution in [3.05, 3.63) is 222 Å². The largest absolute Gasteiger partial charge is 0.493 e. The minimum absolute atomic E-state index is 0.0162. The number of methoxy groups -OCH3 is 4. The number of carbonyl (C=O) groups is 3. The molecule has 0 saturated carbocycles. The number of hydrogen-bond acceptors (Lipinski definition) is 8. The molecule has 0 aromatic heterocycles. The van der Waals surface area contributed by atoms with Gasteiger partial charge in [0, 0.05) is 23.5 Å². The van der Waals surface area contributed by atoms with Crippen molar-refractivity contribution < 1.29 is 38.4 Å². The zero-order chi connectivity index (χ0) is 51.4. The number of anilines is 3. The van der Waals surface area contributed by atoms with E-state index in [1.807, 2.05) is 129 Å². The van der Waals surface area contributed by atoms with Gasteiger partial charge in [-0.3, -0.25) is 9.59 Å². The number of carboxylic acid groups (broad SMARTS) is 1. The van der Waals surface area contributed by atoms with E-state index in [-0.39, 0.29) is 17.2 Å². The lowest BCUT2D eigenvalue weighted by molar-refractivity contribution is -0.112. The highest BCUT2D eigenvalue weighted by atomic mass is 16.5. The molecule has 364 valence electrons. The Morgan fingerprint density at radius 2 is 0.819 bits per heavy atom. The second kappa shape index (κ2) is 25.9. The van der Waals surface area contributed by atoms with Gasteiger partial charge < -0.3 is 40.4 Å². The summed E-state index contributed by atoms with van der Waals surface area (Å²) in [5, 5.41) is 15.1. The highest BCUT2D eigenvalue weighted by Gasteiger charge is 2.14. The summed E-state index contributed by atoms with van der Waals surface area (Å²) < 4.78 is 21.0. The van der Waals surface area contributed by atoms with Gasteiger partial charge in [0.1, 0.15) is 0 Å². The van der Waals surface area contributed by atoms with Crippen molar-refractivity contribution in [2.24, 2.45) is 0 Å². The molecule has 8 rings (SSSR count). The fraction of sp³-hybridized carbons (Fsp3) is 0.0984. The van der Waals surface area contributed by atoms with E-state index in [2.05, 4.69) is 41.0 Å². The van der Waals surface area contributed by atoms with Gasteiger partial charge >= 0.3 is 5.97 Å². The summed E-state index contributed by atoms with van der Waals surface area (Å²) in [6.07, 6.45) is 6.20. The lowest BCUT2D eigenvalue weighted by atomic mass is 10.0. The number of nitrogens with one attached hydrogen (secondary N) is 2. The first-order chi connectivity index (χ1) is 34.9. The van der Waals surface area contributed by atoms with E-state index in [4.69, 9.17) is 24.7 Å². The van der Waals surface area contributed by atoms with Gasteiger partial charge in [-0.2, -0.15) is 0 Å². The molecule has 0 unspecified atom stereocenters. The van der Waals surface area contributed by atoms with Crippen LogP contribution in [0.25, 0.3) is 45.5 Å². The van der Waals surface area contributed by atoms with Crippen molar-refractivity contribution in [3.63, 3.8) is 0 Å². The number of carbonyl (C=O) groups excluding carboxylic acids is 2. The molecule has 8 aromatic carbocycles. The maximum absolute atomic E-state index is 12.4. The number of ether oxygens (including phenoxy) is 4. The monoisotopic (exact) mass is 959 g/mol.